The van der Waals surface area contributed by atoms with Crippen molar-refractivity contribution in [2.24, 2.45) is 0 Å². The Kier molecular flexibility index (Phi) is 3.55. The van der Waals surface area contributed by atoms with Crippen molar-refractivity contribution in [2.45, 2.75) is 6.92 Å². The third-order valence-electron chi connectivity index (χ3n) is 3.57. The van der Waals surface area contributed by atoms with Crippen LogP contribution in [0, 0.1) is 6.92 Å². The molecule has 0 spiro atoms. The molecule has 0 bridgehead atoms. The molecule has 0 unspecified atom stereocenters. The number of nitrogens with zero attached hydrogens (tertiary/aromatic N) is 2. The Bertz CT molecular complexity index is 852. The van der Waals surface area contributed by atoms with E-state index in [1.54, 1.807) is 29.9 Å². The molecule has 0 amide bonds. The van der Waals surface area contributed by atoms with E-state index in [0.29, 0.717) is 22.9 Å². The fraction of sp³-hybridized carbons (Fsp3) is 0.176. The van der Waals surface area contributed by atoms with Crippen LogP contribution in [-0.4, -0.2) is 29.7 Å². The molecule has 0 saturated heterocycles. The molecule has 3 rings (SSSR count). The number of rotatable bonds is 3. The Morgan fingerprint density at radius 2 is 1.86 bits per heavy atom. The van der Waals surface area contributed by atoms with Gasteiger partial charge in [-0.2, -0.15) is 0 Å². The maximum absolute atomic E-state index is 12.9. The third kappa shape index (κ3) is 2.20. The van der Waals surface area contributed by atoms with Crippen molar-refractivity contribution >= 4 is 16.9 Å². The van der Waals surface area contributed by atoms with Crippen LogP contribution in [0.5, 0.6) is 11.5 Å². The quantitative estimate of drug-likeness (QED) is 0.745. The van der Waals surface area contributed by atoms with Crippen molar-refractivity contribution in [3.8, 4) is 11.5 Å². The summed E-state index contributed by atoms with van der Waals surface area (Å²) >= 11 is 0. The number of hydrogen-bond acceptors (Lipinski definition) is 4. The lowest BCUT2D eigenvalue weighted by Crippen LogP contribution is -2.14. The molecule has 0 aliphatic heterocycles. The molecule has 5 heteroatoms. The largest absolute Gasteiger partial charge is 0.497 e. The molecule has 2 aromatic carbocycles. The minimum atomic E-state index is -0.175. The second-order valence-corrected chi connectivity index (χ2v) is 4.85. The Labute approximate surface area is 128 Å². The summed E-state index contributed by atoms with van der Waals surface area (Å²) in [7, 11) is 3.11. The van der Waals surface area contributed by atoms with Crippen molar-refractivity contribution in [3.63, 3.8) is 0 Å². The molecule has 0 aliphatic carbocycles. The summed E-state index contributed by atoms with van der Waals surface area (Å²) in [6.45, 7) is 1.81. The van der Waals surface area contributed by atoms with Crippen LogP contribution in [0.4, 0.5) is 0 Å². The van der Waals surface area contributed by atoms with Crippen LogP contribution < -0.4 is 9.47 Å². The highest BCUT2D eigenvalue weighted by atomic mass is 16.5. The topological polar surface area (TPSA) is 53.4 Å². The van der Waals surface area contributed by atoms with Crippen molar-refractivity contribution in [1.82, 2.24) is 9.55 Å². The molecule has 5 nitrogen and oxygen atoms in total. The minimum Gasteiger partial charge on any atom is -0.497 e. The predicted molar refractivity (Wildman–Crippen MR) is 83.7 cm³/mol. The third-order valence-corrected chi connectivity index (χ3v) is 3.57. The van der Waals surface area contributed by atoms with Gasteiger partial charge in [-0.3, -0.25) is 9.36 Å². The fourth-order valence-corrected chi connectivity index (χ4v) is 2.50. The highest BCUT2D eigenvalue weighted by Gasteiger charge is 2.19. The van der Waals surface area contributed by atoms with Crippen LogP contribution in [0.25, 0.3) is 11.0 Å². The number of ether oxygens (including phenoxy) is 2. The van der Waals surface area contributed by atoms with Gasteiger partial charge in [-0.05, 0) is 31.2 Å². The summed E-state index contributed by atoms with van der Waals surface area (Å²) in [5.41, 5.74) is 2.04. The Morgan fingerprint density at radius 1 is 1.09 bits per heavy atom. The van der Waals surface area contributed by atoms with Crippen LogP contribution in [-0.2, 0) is 0 Å². The summed E-state index contributed by atoms with van der Waals surface area (Å²) in [5.74, 6) is 1.58. The zero-order valence-electron chi connectivity index (χ0n) is 12.7. The van der Waals surface area contributed by atoms with E-state index in [9.17, 15) is 4.79 Å². The first kappa shape index (κ1) is 14.1. The van der Waals surface area contributed by atoms with Crippen molar-refractivity contribution < 1.29 is 14.3 Å². The molecular weight excluding hydrogens is 280 g/mol. The number of carbonyl (C=O) groups excluding carboxylic acids is 1. The average molecular weight is 296 g/mol. The number of hydrogen-bond donors (Lipinski definition) is 0. The van der Waals surface area contributed by atoms with Gasteiger partial charge in [-0.15, -0.1) is 0 Å². The summed E-state index contributed by atoms with van der Waals surface area (Å²) in [6, 6.07) is 12.7. The number of fused-ring (bicyclic) bond motifs is 1. The molecule has 0 saturated carbocycles. The van der Waals surface area contributed by atoms with E-state index in [1.165, 1.54) is 7.11 Å². The zero-order chi connectivity index (χ0) is 15.7. The lowest BCUT2D eigenvalue weighted by molar-refractivity contribution is 0.0959. The molecule has 1 aromatic heterocycles. The molecule has 0 fully saturated rings. The number of para-hydroxylation sites is 2. The summed E-state index contributed by atoms with van der Waals surface area (Å²) in [6.07, 6.45) is 0. The maximum Gasteiger partial charge on any atom is 0.267 e. The number of methoxy groups -OCH3 is 2. The van der Waals surface area contributed by atoms with Crippen molar-refractivity contribution in [1.29, 1.82) is 0 Å². The monoisotopic (exact) mass is 296 g/mol. The zero-order valence-corrected chi connectivity index (χ0v) is 12.7. The molecule has 112 valence electrons. The molecular formula is C17H16N2O3. The van der Waals surface area contributed by atoms with Gasteiger partial charge in [-0.1, -0.05) is 12.1 Å². The SMILES string of the molecule is COc1ccc(C(=O)n2c(C)nc3ccccc32)c(OC)c1. The fourth-order valence-electron chi connectivity index (χ4n) is 2.50. The van der Waals surface area contributed by atoms with Gasteiger partial charge in [-0.25, -0.2) is 4.98 Å². The second-order valence-electron chi connectivity index (χ2n) is 4.85. The molecule has 3 aromatic rings. The molecule has 0 aliphatic rings. The number of imidazole rings is 1. The van der Waals surface area contributed by atoms with E-state index in [1.807, 2.05) is 31.2 Å². The summed E-state index contributed by atoms with van der Waals surface area (Å²) in [5, 5.41) is 0. The number of carbonyl (C=O) groups is 1. The van der Waals surface area contributed by atoms with E-state index >= 15 is 0 Å². The van der Waals surface area contributed by atoms with Gasteiger partial charge in [0.15, 0.2) is 0 Å². The van der Waals surface area contributed by atoms with E-state index < -0.39 is 0 Å². The molecule has 22 heavy (non-hydrogen) atoms. The second kappa shape index (κ2) is 5.52. The number of aromatic nitrogens is 2. The number of aryl methyl sites for hydroxylation is 1. The van der Waals surface area contributed by atoms with Crippen LogP contribution in [0.1, 0.15) is 16.2 Å². The number of benzene rings is 2. The predicted octanol–water partition coefficient (Wildman–Crippen LogP) is 3.05. The van der Waals surface area contributed by atoms with E-state index in [-0.39, 0.29) is 5.91 Å². The van der Waals surface area contributed by atoms with E-state index in [0.717, 1.165) is 11.0 Å². The van der Waals surface area contributed by atoms with Gasteiger partial charge in [0.1, 0.15) is 17.3 Å². The minimum absolute atomic E-state index is 0.175. The smallest absolute Gasteiger partial charge is 0.267 e. The summed E-state index contributed by atoms with van der Waals surface area (Å²) in [4.78, 5) is 17.3. The van der Waals surface area contributed by atoms with Gasteiger partial charge in [0.25, 0.3) is 5.91 Å². The molecule has 1 heterocycles. The Morgan fingerprint density at radius 3 is 2.59 bits per heavy atom. The molecule has 0 radical (unpaired) electrons. The molecule has 0 N–H and O–H groups in total. The first-order chi connectivity index (χ1) is 10.7. The van der Waals surface area contributed by atoms with Crippen molar-refractivity contribution in [2.75, 3.05) is 14.2 Å². The lowest BCUT2D eigenvalue weighted by atomic mass is 10.1. The standard InChI is InChI=1S/C17H16N2O3/c1-11-18-14-6-4-5-7-15(14)19(11)17(20)13-9-8-12(21-2)10-16(13)22-3/h4-10H,1-3H3. The first-order valence-electron chi connectivity index (χ1n) is 6.86. The van der Waals surface area contributed by atoms with Crippen LogP contribution in [0.2, 0.25) is 0 Å². The van der Waals surface area contributed by atoms with E-state index in [4.69, 9.17) is 9.47 Å². The molecule has 0 atom stereocenters. The van der Waals surface area contributed by atoms with Gasteiger partial charge in [0.2, 0.25) is 0 Å². The first-order valence-corrected chi connectivity index (χ1v) is 6.86. The lowest BCUT2D eigenvalue weighted by Gasteiger charge is -2.11. The van der Waals surface area contributed by atoms with Crippen LogP contribution in [0.15, 0.2) is 42.5 Å². The Hall–Kier alpha value is -2.82. The van der Waals surface area contributed by atoms with Crippen LogP contribution in [0.3, 0.4) is 0 Å². The van der Waals surface area contributed by atoms with Gasteiger partial charge >= 0.3 is 0 Å². The van der Waals surface area contributed by atoms with Gasteiger partial charge < -0.3 is 9.47 Å². The Balaban J connectivity index is 2.16. The van der Waals surface area contributed by atoms with Crippen molar-refractivity contribution in [3.05, 3.63) is 53.9 Å². The van der Waals surface area contributed by atoms with Gasteiger partial charge in [0.05, 0.1) is 30.8 Å². The van der Waals surface area contributed by atoms with Crippen LogP contribution >= 0.6 is 0 Å². The average Bonchev–Trinajstić information content (AvgIpc) is 2.89. The summed E-state index contributed by atoms with van der Waals surface area (Å²) < 4.78 is 12.1. The highest BCUT2D eigenvalue weighted by Crippen LogP contribution is 2.27. The highest BCUT2D eigenvalue weighted by molar-refractivity contribution is 6.03. The normalized spacial score (nSPS) is 10.7. The van der Waals surface area contributed by atoms with E-state index in [2.05, 4.69) is 4.98 Å². The van der Waals surface area contributed by atoms with Gasteiger partial charge in [0, 0.05) is 6.07 Å². The maximum atomic E-state index is 12.9.